The number of hydrogen-bond donors (Lipinski definition) is 1. The number of carbonyl (C=O) groups is 1. The van der Waals surface area contributed by atoms with Crippen LogP contribution in [0.25, 0.3) is 5.57 Å². The molecule has 1 aliphatic carbocycles. The molecule has 1 heterocycles. The van der Waals surface area contributed by atoms with Crippen molar-refractivity contribution in [3.63, 3.8) is 0 Å². The second-order valence-electron chi connectivity index (χ2n) is 8.84. The highest BCUT2D eigenvalue weighted by Crippen LogP contribution is 2.45. The molecule has 2 aliphatic rings. The van der Waals surface area contributed by atoms with Crippen LogP contribution < -0.4 is 9.47 Å². The van der Waals surface area contributed by atoms with Crippen molar-refractivity contribution in [1.29, 1.82) is 0 Å². The van der Waals surface area contributed by atoms with Gasteiger partial charge in [-0.3, -0.25) is 4.79 Å². The van der Waals surface area contributed by atoms with Crippen LogP contribution in [0, 0.1) is 6.92 Å². The molecule has 0 unspecified atom stereocenters. The summed E-state index contributed by atoms with van der Waals surface area (Å²) >= 11 is 0. The lowest BCUT2D eigenvalue weighted by Crippen LogP contribution is -2.38. The van der Waals surface area contributed by atoms with Gasteiger partial charge >= 0.3 is 0 Å². The molecule has 0 radical (unpaired) electrons. The summed E-state index contributed by atoms with van der Waals surface area (Å²) in [5, 5.41) is 8.98. The number of hydrogen-bond acceptors (Lipinski definition) is 5. The van der Waals surface area contributed by atoms with Crippen LogP contribution in [0.2, 0.25) is 0 Å². The summed E-state index contributed by atoms with van der Waals surface area (Å²) in [6.07, 6.45) is 0.692. The van der Waals surface area contributed by atoms with Gasteiger partial charge in [0.05, 0.1) is 19.8 Å². The third-order valence-electron chi connectivity index (χ3n) is 6.40. The van der Waals surface area contributed by atoms with Crippen LogP contribution in [0.3, 0.4) is 0 Å². The van der Waals surface area contributed by atoms with E-state index in [1.807, 2.05) is 50.2 Å². The first-order valence-corrected chi connectivity index (χ1v) is 10.8. The van der Waals surface area contributed by atoms with Gasteiger partial charge in [0.2, 0.25) is 0 Å². The molecule has 31 heavy (non-hydrogen) atoms. The lowest BCUT2D eigenvalue weighted by molar-refractivity contribution is -0.0797. The summed E-state index contributed by atoms with van der Waals surface area (Å²) in [4.78, 5) is 13.6. The first-order chi connectivity index (χ1) is 14.8. The summed E-state index contributed by atoms with van der Waals surface area (Å²) in [7, 11) is 0. The molecule has 5 nitrogen and oxygen atoms in total. The fraction of sp³-hybridized carbons (Fsp3) is 0.423. The van der Waals surface area contributed by atoms with Crippen molar-refractivity contribution < 1.29 is 24.1 Å². The molecular weight excluding hydrogens is 392 g/mol. The van der Waals surface area contributed by atoms with Crippen LogP contribution in [0.1, 0.15) is 54.2 Å². The summed E-state index contributed by atoms with van der Waals surface area (Å²) < 4.78 is 16.9. The van der Waals surface area contributed by atoms with Crippen LogP contribution in [-0.4, -0.2) is 43.4 Å². The van der Waals surface area contributed by atoms with Crippen LogP contribution in [0.4, 0.5) is 0 Å². The van der Waals surface area contributed by atoms with Crippen LogP contribution in [0.15, 0.2) is 42.0 Å². The molecule has 1 saturated heterocycles. The van der Waals surface area contributed by atoms with Crippen molar-refractivity contribution in [2.45, 2.75) is 45.6 Å². The Balaban J connectivity index is 1.69. The highest BCUT2D eigenvalue weighted by atomic mass is 16.6. The van der Waals surface area contributed by atoms with Crippen molar-refractivity contribution in [2.75, 3.05) is 26.4 Å². The fourth-order valence-electron chi connectivity index (χ4n) is 4.19. The number of aliphatic hydroxyl groups is 1. The molecule has 1 fully saturated rings. The van der Waals surface area contributed by atoms with Crippen LogP contribution in [0.5, 0.6) is 11.5 Å². The number of allylic oxidation sites excluding steroid dienone is 2. The number of aliphatic hydroxyl groups excluding tert-OH is 1. The van der Waals surface area contributed by atoms with E-state index in [-0.39, 0.29) is 23.9 Å². The number of fused-ring (bicyclic) bond motifs is 1. The van der Waals surface area contributed by atoms with E-state index < -0.39 is 0 Å². The van der Waals surface area contributed by atoms with E-state index in [9.17, 15) is 4.79 Å². The highest BCUT2D eigenvalue weighted by molar-refractivity contribution is 6.32. The molecule has 2 aromatic carbocycles. The molecule has 164 valence electrons. The van der Waals surface area contributed by atoms with Gasteiger partial charge < -0.3 is 19.3 Å². The maximum atomic E-state index is 13.6. The zero-order chi connectivity index (χ0) is 22.2. The van der Waals surface area contributed by atoms with Crippen molar-refractivity contribution in [1.82, 2.24) is 0 Å². The van der Waals surface area contributed by atoms with Crippen LogP contribution in [-0.2, 0) is 10.2 Å². The van der Waals surface area contributed by atoms with Crippen molar-refractivity contribution in [3.8, 4) is 11.5 Å². The Bertz CT molecular complexity index is 1030. The van der Waals surface area contributed by atoms with Crippen molar-refractivity contribution in [3.05, 3.63) is 64.2 Å². The Hall–Kier alpha value is -2.63. The summed E-state index contributed by atoms with van der Waals surface area (Å²) in [5.74, 6) is 1.57. The Morgan fingerprint density at radius 3 is 2.42 bits per heavy atom. The quantitative estimate of drug-likeness (QED) is 0.667. The zero-order valence-corrected chi connectivity index (χ0v) is 18.7. The van der Waals surface area contributed by atoms with Gasteiger partial charge in [-0.15, -0.1) is 0 Å². The van der Waals surface area contributed by atoms with Gasteiger partial charge in [0.15, 0.2) is 5.78 Å². The topological polar surface area (TPSA) is 65.0 Å². The highest BCUT2D eigenvalue weighted by Gasteiger charge is 2.38. The van der Waals surface area contributed by atoms with E-state index in [4.69, 9.17) is 19.3 Å². The predicted octanol–water partition coefficient (Wildman–Crippen LogP) is 4.48. The molecule has 0 amide bonds. The molecule has 0 saturated carbocycles. The minimum absolute atomic E-state index is 0.0397. The van der Waals surface area contributed by atoms with E-state index in [0.717, 1.165) is 39.3 Å². The fourth-order valence-corrected chi connectivity index (χ4v) is 4.19. The number of rotatable bonds is 7. The zero-order valence-electron chi connectivity index (χ0n) is 18.7. The van der Waals surface area contributed by atoms with Gasteiger partial charge in [0.25, 0.3) is 0 Å². The number of ether oxygens (including phenoxy) is 3. The average molecular weight is 423 g/mol. The molecule has 5 heteroatoms. The number of Topliss-reactive ketones (excluding diaryl/α,β-unsaturated/α-hetero) is 1. The monoisotopic (exact) mass is 422 g/mol. The SMILES string of the molecule is CC1=C(c2ccc(OC3COC3)cc2C)C(=O)c2ccc(OCCCO)cc2C1(C)C. The van der Waals surface area contributed by atoms with Crippen molar-refractivity contribution in [2.24, 2.45) is 0 Å². The molecule has 1 N–H and O–H groups in total. The predicted molar refractivity (Wildman–Crippen MR) is 120 cm³/mol. The number of carbonyl (C=O) groups excluding carboxylic acids is 1. The van der Waals surface area contributed by atoms with Gasteiger partial charge in [-0.25, -0.2) is 0 Å². The minimum Gasteiger partial charge on any atom is -0.493 e. The van der Waals surface area contributed by atoms with E-state index in [1.54, 1.807) is 0 Å². The average Bonchev–Trinajstić information content (AvgIpc) is 2.71. The Morgan fingerprint density at radius 1 is 1.06 bits per heavy atom. The maximum Gasteiger partial charge on any atom is 0.193 e. The third-order valence-corrected chi connectivity index (χ3v) is 6.40. The summed E-state index contributed by atoms with van der Waals surface area (Å²) in [6.45, 7) is 10.2. The lowest BCUT2D eigenvalue weighted by atomic mass is 9.67. The first-order valence-electron chi connectivity index (χ1n) is 10.8. The molecule has 2 aromatic rings. The normalized spacial score (nSPS) is 17.9. The van der Waals surface area contributed by atoms with E-state index >= 15 is 0 Å². The number of ketones is 1. The maximum absolute atomic E-state index is 13.6. The number of aryl methyl sites for hydroxylation is 1. The summed E-state index contributed by atoms with van der Waals surface area (Å²) in [6, 6.07) is 11.6. The Labute approximate surface area is 183 Å². The molecule has 0 bridgehead atoms. The Kier molecular flexibility index (Phi) is 5.91. The van der Waals surface area contributed by atoms with E-state index in [1.165, 1.54) is 0 Å². The van der Waals surface area contributed by atoms with E-state index in [2.05, 4.69) is 13.8 Å². The summed E-state index contributed by atoms with van der Waals surface area (Å²) in [5.41, 5.74) is 5.14. The van der Waals surface area contributed by atoms with Gasteiger partial charge in [-0.05, 0) is 60.9 Å². The van der Waals surface area contributed by atoms with Crippen molar-refractivity contribution >= 4 is 11.4 Å². The molecule has 0 aromatic heterocycles. The minimum atomic E-state index is -0.320. The Morgan fingerprint density at radius 2 is 1.77 bits per heavy atom. The second-order valence-corrected chi connectivity index (χ2v) is 8.84. The first kappa shape index (κ1) is 21.6. The number of benzene rings is 2. The van der Waals surface area contributed by atoms with Gasteiger partial charge in [0.1, 0.15) is 17.6 Å². The lowest BCUT2D eigenvalue weighted by Gasteiger charge is -2.36. The molecule has 4 rings (SSSR count). The van der Waals surface area contributed by atoms with Crippen LogP contribution >= 0.6 is 0 Å². The van der Waals surface area contributed by atoms with Gasteiger partial charge in [-0.1, -0.05) is 25.5 Å². The largest absolute Gasteiger partial charge is 0.493 e. The van der Waals surface area contributed by atoms with Gasteiger partial charge in [0, 0.05) is 29.6 Å². The standard InChI is InChI=1S/C26H30O5/c1-16-12-19(31-20-14-29-15-20)7-8-21(16)24-17(2)26(3,4)23-13-18(30-11-5-10-27)6-9-22(23)25(24)28/h6-9,12-13,20,27H,5,10-11,14-15H2,1-4H3. The molecule has 0 atom stereocenters. The van der Waals surface area contributed by atoms with Gasteiger partial charge in [-0.2, -0.15) is 0 Å². The third kappa shape index (κ3) is 4.00. The molecule has 1 aliphatic heterocycles. The smallest absolute Gasteiger partial charge is 0.193 e. The molecular formula is C26H30O5. The molecule has 0 spiro atoms. The second kappa shape index (κ2) is 8.48. The van der Waals surface area contributed by atoms with E-state index in [0.29, 0.717) is 31.8 Å².